The van der Waals surface area contributed by atoms with E-state index in [9.17, 15) is 9.59 Å². The third-order valence-corrected chi connectivity index (χ3v) is 5.75. The van der Waals surface area contributed by atoms with E-state index >= 15 is 0 Å². The molecule has 164 valence electrons. The molecule has 9 nitrogen and oxygen atoms in total. The van der Waals surface area contributed by atoms with E-state index in [0.717, 1.165) is 0 Å². The van der Waals surface area contributed by atoms with Crippen LogP contribution >= 0.6 is 11.8 Å². The summed E-state index contributed by atoms with van der Waals surface area (Å²) in [6.07, 6.45) is 3.33. The summed E-state index contributed by atoms with van der Waals surface area (Å²) in [4.78, 5) is 25.6. The molecule has 2 heterocycles. The smallest absolute Gasteiger partial charge is 0.300 e. The van der Waals surface area contributed by atoms with Crippen LogP contribution in [0.5, 0.6) is 17.2 Å². The molecule has 2 aromatic heterocycles. The lowest BCUT2D eigenvalue weighted by Crippen LogP contribution is -2.20. The molecule has 4 aromatic rings. The Morgan fingerprint density at radius 3 is 2.53 bits per heavy atom. The molecule has 32 heavy (non-hydrogen) atoms. The van der Waals surface area contributed by atoms with E-state index in [-0.39, 0.29) is 22.7 Å². The number of ketones is 1. The number of aromatic nitrogens is 4. The summed E-state index contributed by atoms with van der Waals surface area (Å²) in [5.74, 6) is 1.68. The first-order valence-corrected chi connectivity index (χ1v) is 10.5. The van der Waals surface area contributed by atoms with Crippen LogP contribution in [-0.2, 0) is 0 Å². The van der Waals surface area contributed by atoms with Crippen LogP contribution in [0.3, 0.4) is 0 Å². The lowest BCUT2D eigenvalue weighted by molar-refractivity contribution is 0.102. The number of hydrogen-bond donors (Lipinski definition) is 0. The summed E-state index contributed by atoms with van der Waals surface area (Å²) in [6.45, 7) is 0. The molecule has 0 saturated carbocycles. The first-order chi connectivity index (χ1) is 15.5. The van der Waals surface area contributed by atoms with Gasteiger partial charge in [-0.15, -0.1) is 10.2 Å². The molecular weight excluding hydrogens is 432 g/mol. The molecule has 0 aliphatic rings. The minimum Gasteiger partial charge on any atom is -0.497 e. The third-order valence-electron chi connectivity index (χ3n) is 4.81. The van der Waals surface area contributed by atoms with Gasteiger partial charge in [0, 0.05) is 24.0 Å². The Kier molecular flexibility index (Phi) is 6.13. The van der Waals surface area contributed by atoms with Gasteiger partial charge in [-0.05, 0) is 30.3 Å². The van der Waals surface area contributed by atoms with Crippen molar-refractivity contribution in [3.05, 3.63) is 70.8 Å². The van der Waals surface area contributed by atoms with Crippen molar-refractivity contribution in [3.8, 4) is 22.9 Å². The number of methoxy groups -OCH3 is 3. The van der Waals surface area contributed by atoms with Gasteiger partial charge in [0.2, 0.25) is 5.65 Å². The molecule has 0 aliphatic carbocycles. The van der Waals surface area contributed by atoms with Gasteiger partial charge in [0.05, 0.1) is 32.8 Å². The minimum absolute atomic E-state index is 0.113. The molecule has 0 unspecified atom stereocenters. The second kappa shape index (κ2) is 9.15. The highest BCUT2D eigenvalue weighted by Crippen LogP contribution is 2.28. The van der Waals surface area contributed by atoms with Crippen molar-refractivity contribution >= 4 is 23.2 Å². The van der Waals surface area contributed by atoms with Gasteiger partial charge >= 0.3 is 5.56 Å². The number of carbonyl (C=O) groups excluding carboxylic acids is 1. The second-order valence-electron chi connectivity index (χ2n) is 6.63. The quantitative estimate of drug-likeness (QED) is 0.297. The fourth-order valence-electron chi connectivity index (χ4n) is 3.15. The number of benzene rings is 2. The number of nitrogens with zero attached hydrogens (tertiary/aromatic N) is 4. The maximum Gasteiger partial charge on any atom is 0.300 e. The van der Waals surface area contributed by atoms with Crippen LogP contribution in [0.4, 0.5) is 0 Å². The summed E-state index contributed by atoms with van der Waals surface area (Å²) >= 11 is 1.20. The maximum absolute atomic E-state index is 12.9. The number of thioether (sulfide) groups is 1. The average molecular weight is 452 g/mol. The molecule has 2 aromatic carbocycles. The number of ether oxygens (including phenoxy) is 3. The summed E-state index contributed by atoms with van der Waals surface area (Å²) in [5, 5.41) is 8.57. The van der Waals surface area contributed by atoms with E-state index in [1.807, 2.05) is 0 Å². The number of rotatable bonds is 8. The van der Waals surface area contributed by atoms with Gasteiger partial charge in [0.25, 0.3) is 0 Å². The van der Waals surface area contributed by atoms with E-state index in [0.29, 0.717) is 33.7 Å². The minimum atomic E-state index is -0.327. The van der Waals surface area contributed by atoms with Crippen LogP contribution < -0.4 is 19.8 Å². The lowest BCUT2D eigenvalue weighted by Gasteiger charge is -2.09. The monoisotopic (exact) mass is 452 g/mol. The Labute approximate surface area is 187 Å². The molecule has 10 heteroatoms. The molecule has 4 rings (SSSR count). The number of Topliss-reactive ketones (excluding diaryl/α,β-unsaturated/α-hetero) is 1. The van der Waals surface area contributed by atoms with Gasteiger partial charge < -0.3 is 14.2 Å². The second-order valence-corrected chi connectivity index (χ2v) is 7.58. The number of fused-ring (bicyclic) bond motifs is 1. The van der Waals surface area contributed by atoms with E-state index in [1.54, 1.807) is 66.4 Å². The Balaban J connectivity index is 1.56. The standard InChI is InChI=1S/C22H20N4O5S/c1-29-16-6-4-5-15(12-16)25-9-10-26-20(21(25)28)23-24-22(26)32-13-17(27)14-7-8-18(30-2)19(11-14)31-3/h4-12H,13H2,1-3H3. The van der Waals surface area contributed by atoms with Gasteiger partial charge in [-0.1, -0.05) is 17.8 Å². The third kappa shape index (κ3) is 4.04. The Morgan fingerprint density at radius 1 is 0.969 bits per heavy atom. The molecule has 0 N–H and O–H groups in total. The number of hydrogen-bond acceptors (Lipinski definition) is 8. The van der Waals surface area contributed by atoms with E-state index in [4.69, 9.17) is 14.2 Å². The highest BCUT2D eigenvalue weighted by molar-refractivity contribution is 7.99. The van der Waals surface area contributed by atoms with Gasteiger partial charge in [-0.3, -0.25) is 18.6 Å². The molecule has 0 radical (unpaired) electrons. The molecule has 0 bridgehead atoms. The van der Waals surface area contributed by atoms with Gasteiger partial charge in [0.1, 0.15) is 5.75 Å². The fraction of sp³-hybridized carbons (Fsp3) is 0.182. The van der Waals surface area contributed by atoms with Gasteiger partial charge in [-0.2, -0.15) is 0 Å². The molecule has 0 aliphatic heterocycles. The summed E-state index contributed by atoms with van der Waals surface area (Å²) < 4.78 is 18.7. The topological polar surface area (TPSA) is 97.0 Å². The average Bonchev–Trinajstić information content (AvgIpc) is 3.26. The molecule has 0 amide bonds. The first kappa shape index (κ1) is 21.4. The Hall–Kier alpha value is -3.79. The maximum atomic E-state index is 12.9. The first-order valence-electron chi connectivity index (χ1n) is 9.54. The zero-order chi connectivity index (χ0) is 22.7. The normalized spacial score (nSPS) is 10.8. The van der Waals surface area contributed by atoms with Crippen LogP contribution in [0, 0.1) is 0 Å². The predicted octanol–water partition coefficient (Wildman–Crippen LogP) is 2.88. The van der Waals surface area contributed by atoms with Crippen molar-refractivity contribution in [1.82, 2.24) is 19.2 Å². The molecule has 0 fully saturated rings. The summed E-state index contributed by atoms with van der Waals surface area (Å²) in [5.41, 5.74) is 0.977. The molecule has 0 atom stereocenters. The zero-order valence-corrected chi connectivity index (χ0v) is 18.5. The van der Waals surface area contributed by atoms with Crippen LogP contribution in [0.1, 0.15) is 10.4 Å². The van der Waals surface area contributed by atoms with E-state index < -0.39 is 0 Å². The molecular formula is C22H20N4O5S. The van der Waals surface area contributed by atoms with Crippen LogP contribution in [0.2, 0.25) is 0 Å². The summed E-state index contributed by atoms with van der Waals surface area (Å²) in [7, 11) is 4.62. The fourth-order valence-corrected chi connectivity index (χ4v) is 3.96. The van der Waals surface area contributed by atoms with Crippen molar-refractivity contribution in [2.45, 2.75) is 5.16 Å². The highest BCUT2D eigenvalue weighted by Gasteiger charge is 2.16. The van der Waals surface area contributed by atoms with Crippen molar-refractivity contribution < 1.29 is 19.0 Å². The molecule has 0 spiro atoms. The Morgan fingerprint density at radius 2 is 1.78 bits per heavy atom. The van der Waals surface area contributed by atoms with Gasteiger partial charge in [0.15, 0.2) is 22.4 Å². The number of carbonyl (C=O) groups is 1. The SMILES string of the molecule is COc1cccc(-n2ccn3c(SCC(=O)c4ccc(OC)c(OC)c4)nnc3c2=O)c1. The summed E-state index contributed by atoms with van der Waals surface area (Å²) in [6, 6.07) is 12.2. The van der Waals surface area contributed by atoms with Crippen LogP contribution in [0.25, 0.3) is 11.3 Å². The van der Waals surface area contributed by atoms with Crippen molar-refractivity contribution in [2.24, 2.45) is 0 Å². The predicted molar refractivity (Wildman–Crippen MR) is 120 cm³/mol. The van der Waals surface area contributed by atoms with Gasteiger partial charge in [-0.25, -0.2) is 0 Å². The largest absolute Gasteiger partial charge is 0.497 e. The van der Waals surface area contributed by atoms with Crippen molar-refractivity contribution in [3.63, 3.8) is 0 Å². The lowest BCUT2D eigenvalue weighted by atomic mass is 10.1. The van der Waals surface area contributed by atoms with Crippen LogP contribution in [0.15, 0.2) is 64.8 Å². The molecule has 0 saturated heterocycles. The van der Waals surface area contributed by atoms with E-state index in [2.05, 4.69) is 10.2 Å². The van der Waals surface area contributed by atoms with Crippen molar-refractivity contribution in [1.29, 1.82) is 0 Å². The van der Waals surface area contributed by atoms with Crippen LogP contribution in [-0.4, -0.2) is 52.0 Å². The Bertz CT molecular complexity index is 1350. The van der Waals surface area contributed by atoms with Crippen molar-refractivity contribution in [2.75, 3.05) is 27.1 Å². The van der Waals surface area contributed by atoms with E-state index in [1.165, 1.54) is 30.5 Å². The zero-order valence-electron chi connectivity index (χ0n) is 17.6. The highest BCUT2D eigenvalue weighted by atomic mass is 32.2.